The first-order valence-electron chi connectivity index (χ1n) is 8.56. The van der Waals surface area contributed by atoms with Crippen molar-refractivity contribution >= 4 is 29.1 Å². The Hall–Kier alpha value is -3.23. The molecule has 2 bridgehead atoms. The third kappa shape index (κ3) is 2.66. The highest BCUT2D eigenvalue weighted by Gasteiger charge is 2.59. The van der Waals surface area contributed by atoms with Crippen LogP contribution in [0.1, 0.15) is 6.42 Å². The number of allylic oxidation sites excluding steroid dienone is 2. The number of hydrogen-bond acceptors (Lipinski definition) is 6. The molecule has 2 aliphatic carbocycles. The van der Waals surface area contributed by atoms with E-state index in [-0.39, 0.29) is 52.6 Å². The van der Waals surface area contributed by atoms with E-state index in [1.165, 1.54) is 25.3 Å². The van der Waals surface area contributed by atoms with E-state index in [0.29, 0.717) is 0 Å². The van der Waals surface area contributed by atoms with Crippen molar-refractivity contribution in [3.05, 3.63) is 40.5 Å². The summed E-state index contributed by atoms with van der Waals surface area (Å²) in [5.41, 5.74) is -0.102. The van der Waals surface area contributed by atoms with Crippen LogP contribution < -0.4 is 10.1 Å². The minimum Gasteiger partial charge on any atom is -0.495 e. The number of amides is 3. The number of imide groups is 1. The van der Waals surface area contributed by atoms with E-state index >= 15 is 0 Å². The molecule has 1 heterocycles. The second-order valence-electron chi connectivity index (χ2n) is 6.95. The predicted octanol–water partition coefficient (Wildman–Crippen LogP) is 1.35. The van der Waals surface area contributed by atoms with Crippen LogP contribution >= 0.6 is 0 Å². The van der Waals surface area contributed by atoms with E-state index < -0.39 is 17.4 Å². The van der Waals surface area contributed by atoms with Gasteiger partial charge in [-0.15, -0.1) is 0 Å². The molecule has 2 fully saturated rings. The lowest BCUT2D eigenvalue weighted by Crippen LogP contribution is -2.39. The second kappa shape index (κ2) is 6.19. The predicted molar refractivity (Wildman–Crippen MR) is 92.7 cm³/mol. The van der Waals surface area contributed by atoms with Gasteiger partial charge in [0, 0.05) is 12.1 Å². The summed E-state index contributed by atoms with van der Waals surface area (Å²) in [6.45, 7) is -0.421. The fourth-order valence-corrected chi connectivity index (χ4v) is 4.36. The molecule has 1 aromatic rings. The Balaban J connectivity index is 1.49. The molecule has 1 saturated heterocycles. The third-order valence-electron chi connectivity index (χ3n) is 5.53. The molecule has 0 spiro atoms. The minimum atomic E-state index is -0.615. The van der Waals surface area contributed by atoms with Crippen LogP contribution in [0.2, 0.25) is 0 Å². The quantitative estimate of drug-likeness (QED) is 0.361. The van der Waals surface area contributed by atoms with E-state index in [0.717, 1.165) is 11.3 Å². The van der Waals surface area contributed by atoms with Crippen LogP contribution in [0.4, 0.5) is 11.4 Å². The summed E-state index contributed by atoms with van der Waals surface area (Å²) < 4.78 is 5.10. The van der Waals surface area contributed by atoms with Gasteiger partial charge in [-0.05, 0) is 24.3 Å². The molecule has 9 nitrogen and oxygen atoms in total. The zero-order chi connectivity index (χ0) is 19.3. The SMILES string of the molecule is COc1ccc([N+](=O)[O-])cc1NC(=O)CN1C(=O)[C@@H]2[C@H](C1=O)[C@H]1C=C[C@H]2C1. The number of carbonyl (C=O) groups is 3. The standard InChI is InChI=1S/C18H17N3O6/c1-27-13-5-4-11(21(25)26)7-12(13)19-14(22)8-20-17(23)15-9-2-3-10(6-9)16(15)18(20)24/h2-5,7,9-10,15-16H,6,8H2,1H3,(H,19,22)/t9-,10-,15-,16+/m0/s1. The van der Waals surface area contributed by atoms with Crippen molar-refractivity contribution < 1.29 is 24.0 Å². The third-order valence-corrected chi connectivity index (χ3v) is 5.53. The Kier molecular flexibility index (Phi) is 3.94. The van der Waals surface area contributed by atoms with Crippen LogP contribution in [-0.4, -0.2) is 41.2 Å². The number of hydrogen-bond donors (Lipinski definition) is 1. The number of methoxy groups -OCH3 is 1. The van der Waals surface area contributed by atoms with Gasteiger partial charge in [0.25, 0.3) is 5.69 Å². The molecule has 0 unspecified atom stereocenters. The topological polar surface area (TPSA) is 119 Å². The van der Waals surface area contributed by atoms with Gasteiger partial charge in [-0.1, -0.05) is 12.2 Å². The summed E-state index contributed by atoms with van der Waals surface area (Å²) in [5.74, 6) is -1.60. The Morgan fingerprint density at radius 3 is 2.44 bits per heavy atom. The average molecular weight is 371 g/mol. The van der Waals surface area contributed by atoms with Crippen molar-refractivity contribution in [3.63, 3.8) is 0 Å². The molecular formula is C18H17N3O6. The number of fused-ring (bicyclic) bond motifs is 5. The van der Waals surface area contributed by atoms with E-state index in [1.807, 2.05) is 12.2 Å². The fourth-order valence-electron chi connectivity index (χ4n) is 4.36. The molecule has 3 aliphatic rings. The van der Waals surface area contributed by atoms with E-state index in [9.17, 15) is 24.5 Å². The lowest BCUT2D eigenvalue weighted by atomic mass is 9.85. The van der Waals surface area contributed by atoms with Crippen molar-refractivity contribution in [2.45, 2.75) is 6.42 Å². The maximum Gasteiger partial charge on any atom is 0.271 e. The fraction of sp³-hybridized carbons (Fsp3) is 0.389. The summed E-state index contributed by atoms with van der Waals surface area (Å²) in [6.07, 6.45) is 4.78. The van der Waals surface area contributed by atoms with Crippen molar-refractivity contribution in [3.8, 4) is 5.75 Å². The molecule has 4 rings (SSSR count). The zero-order valence-electron chi connectivity index (χ0n) is 14.5. The summed E-state index contributed by atoms with van der Waals surface area (Å²) in [4.78, 5) is 49.0. The van der Waals surface area contributed by atoms with Crippen molar-refractivity contribution in [1.82, 2.24) is 4.90 Å². The van der Waals surface area contributed by atoms with Gasteiger partial charge in [-0.2, -0.15) is 0 Å². The Morgan fingerprint density at radius 1 is 1.26 bits per heavy atom. The molecule has 4 atom stereocenters. The van der Waals surface area contributed by atoms with Gasteiger partial charge in [-0.3, -0.25) is 29.4 Å². The Morgan fingerprint density at radius 2 is 1.89 bits per heavy atom. The monoisotopic (exact) mass is 371 g/mol. The highest BCUT2D eigenvalue weighted by Crippen LogP contribution is 2.52. The molecule has 9 heteroatoms. The van der Waals surface area contributed by atoms with Crippen molar-refractivity contribution in [1.29, 1.82) is 0 Å². The van der Waals surface area contributed by atoms with Crippen molar-refractivity contribution in [2.75, 3.05) is 19.0 Å². The maximum absolute atomic E-state index is 12.6. The smallest absolute Gasteiger partial charge is 0.271 e. The van der Waals surface area contributed by atoms with Crippen LogP contribution in [0.5, 0.6) is 5.75 Å². The van der Waals surface area contributed by atoms with E-state index in [4.69, 9.17) is 4.74 Å². The van der Waals surface area contributed by atoms with Gasteiger partial charge in [-0.25, -0.2) is 0 Å². The number of nitrogens with zero attached hydrogens (tertiary/aromatic N) is 2. The number of carbonyl (C=O) groups excluding carboxylic acids is 3. The average Bonchev–Trinajstić information content (AvgIpc) is 3.31. The van der Waals surface area contributed by atoms with Gasteiger partial charge in [0.05, 0.1) is 29.6 Å². The minimum absolute atomic E-state index is 0.0707. The van der Waals surface area contributed by atoms with Crippen LogP contribution in [0.25, 0.3) is 0 Å². The molecule has 3 amide bonds. The highest BCUT2D eigenvalue weighted by molar-refractivity contribution is 6.09. The lowest BCUT2D eigenvalue weighted by molar-refractivity contribution is -0.384. The van der Waals surface area contributed by atoms with Gasteiger partial charge in [0.2, 0.25) is 17.7 Å². The number of ether oxygens (including phenoxy) is 1. The van der Waals surface area contributed by atoms with Gasteiger partial charge in [0.1, 0.15) is 12.3 Å². The normalized spacial score (nSPS) is 27.8. The molecule has 1 aromatic carbocycles. The highest BCUT2D eigenvalue weighted by atomic mass is 16.6. The molecule has 0 radical (unpaired) electrons. The number of nitro benzene ring substituents is 1. The van der Waals surface area contributed by atoms with Crippen LogP contribution in [-0.2, 0) is 14.4 Å². The molecule has 1 aliphatic heterocycles. The van der Waals surface area contributed by atoms with E-state index in [2.05, 4.69) is 5.32 Å². The van der Waals surface area contributed by atoms with E-state index in [1.54, 1.807) is 0 Å². The zero-order valence-corrected chi connectivity index (χ0v) is 14.5. The lowest BCUT2D eigenvalue weighted by Gasteiger charge is -2.17. The van der Waals surface area contributed by atoms with Crippen LogP contribution in [0, 0.1) is 33.8 Å². The van der Waals surface area contributed by atoms with Crippen LogP contribution in [0.3, 0.4) is 0 Å². The maximum atomic E-state index is 12.6. The first kappa shape index (κ1) is 17.2. The molecule has 27 heavy (non-hydrogen) atoms. The molecule has 1 N–H and O–H groups in total. The van der Waals surface area contributed by atoms with Gasteiger partial charge >= 0.3 is 0 Å². The Bertz CT molecular complexity index is 865. The van der Waals surface area contributed by atoms with Crippen molar-refractivity contribution in [2.24, 2.45) is 23.7 Å². The number of non-ortho nitro benzene ring substituents is 1. The first-order valence-corrected chi connectivity index (χ1v) is 8.56. The number of rotatable bonds is 5. The number of nitro groups is 1. The Labute approximate surface area is 154 Å². The molecule has 140 valence electrons. The number of nitrogens with one attached hydrogen (secondary N) is 1. The van der Waals surface area contributed by atoms with Gasteiger partial charge in [0.15, 0.2) is 0 Å². The molecule has 0 aromatic heterocycles. The summed E-state index contributed by atoms with van der Waals surface area (Å²) in [5, 5.41) is 13.4. The first-order chi connectivity index (χ1) is 12.9. The summed E-state index contributed by atoms with van der Waals surface area (Å²) >= 11 is 0. The molecular weight excluding hydrogens is 354 g/mol. The van der Waals surface area contributed by atoms with Gasteiger partial charge < -0.3 is 10.1 Å². The number of likely N-dealkylation sites (tertiary alicyclic amines) is 1. The number of anilines is 1. The second-order valence-corrected chi connectivity index (χ2v) is 6.95. The van der Waals surface area contributed by atoms with Crippen LogP contribution in [0.15, 0.2) is 30.4 Å². The summed E-state index contributed by atoms with van der Waals surface area (Å²) in [6, 6.07) is 3.79. The summed E-state index contributed by atoms with van der Waals surface area (Å²) in [7, 11) is 1.37. The largest absolute Gasteiger partial charge is 0.495 e. The molecule has 1 saturated carbocycles. The number of benzene rings is 1.